The topological polar surface area (TPSA) is 61.5 Å². The summed E-state index contributed by atoms with van der Waals surface area (Å²) in [7, 11) is 0. The predicted molar refractivity (Wildman–Crippen MR) is 59.4 cm³/mol. The molecular weight excluding hydrogens is 194 g/mol. The van der Waals surface area contributed by atoms with E-state index >= 15 is 0 Å². The van der Waals surface area contributed by atoms with Crippen LogP contribution < -0.4 is 5.73 Å². The summed E-state index contributed by atoms with van der Waals surface area (Å²) in [5.74, 6) is 0.397. The maximum absolute atomic E-state index is 11.3. The average molecular weight is 217 g/mol. The Balaban J connectivity index is 3.60. The van der Waals surface area contributed by atoms with Gasteiger partial charge in [0.2, 0.25) is 0 Å². The molecule has 0 spiro atoms. The number of hydrogen-bond acceptors (Lipinski definition) is 4. The molecule has 0 unspecified atom stereocenters. The van der Waals surface area contributed by atoms with Gasteiger partial charge in [-0.2, -0.15) is 0 Å². The minimum Gasteiger partial charge on any atom is -0.464 e. The molecule has 0 aliphatic carbocycles. The highest BCUT2D eigenvalue weighted by atomic mass is 16.5. The second-order valence-electron chi connectivity index (χ2n) is 4.56. The highest BCUT2D eigenvalue weighted by molar-refractivity contribution is 5.75. The summed E-state index contributed by atoms with van der Waals surface area (Å²) in [6.07, 6.45) is 0. The quantitative estimate of drug-likeness (QED) is 0.651. The fourth-order valence-electron chi connectivity index (χ4n) is 0.855. The molecule has 0 bridgehead atoms. The molecule has 15 heavy (non-hydrogen) atoms. The van der Waals surface area contributed by atoms with E-state index < -0.39 is 6.04 Å². The van der Waals surface area contributed by atoms with Gasteiger partial charge < -0.3 is 15.2 Å². The van der Waals surface area contributed by atoms with E-state index in [1.807, 2.05) is 27.7 Å². The first-order valence-electron chi connectivity index (χ1n) is 5.43. The van der Waals surface area contributed by atoms with E-state index in [1.54, 1.807) is 0 Å². The van der Waals surface area contributed by atoms with Gasteiger partial charge in [0.15, 0.2) is 0 Å². The average Bonchev–Trinajstić information content (AvgIpc) is 2.13. The summed E-state index contributed by atoms with van der Waals surface area (Å²) in [6, 6.07) is -0.664. The summed E-state index contributed by atoms with van der Waals surface area (Å²) in [4.78, 5) is 11.3. The molecule has 0 rings (SSSR count). The molecule has 0 aromatic heterocycles. The summed E-state index contributed by atoms with van der Waals surface area (Å²) in [5, 5.41) is 0. The van der Waals surface area contributed by atoms with Gasteiger partial charge in [-0.25, -0.2) is 0 Å². The van der Waals surface area contributed by atoms with Crippen LogP contribution in [0.15, 0.2) is 0 Å². The molecule has 0 saturated heterocycles. The SMILES string of the molecule is CC(C)COC[C@H](N)C(=O)OCC(C)C. The van der Waals surface area contributed by atoms with Crippen LogP contribution in [-0.2, 0) is 14.3 Å². The van der Waals surface area contributed by atoms with E-state index in [-0.39, 0.29) is 12.6 Å². The Morgan fingerprint density at radius 1 is 1.07 bits per heavy atom. The third-order valence-electron chi connectivity index (χ3n) is 1.61. The van der Waals surface area contributed by atoms with E-state index in [4.69, 9.17) is 15.2 Å². The van der Waals surface area contributed by atoms with Crippen molar-refractivity contribution in [1.82, 2.24) is 0 Å². The molecule has 0 saturated carbocycles. The first-order chi connectivity index (χ1) is 6.93. The Labute approximate surface area is 92.1 Å². The molecule has 0 heterocycles. The number of rotatable bonds is 7. The van der Waals surface area contributed by atoms with Gasteiger partial charge in [0, 0.05) is 6.61 Å². The Morgan fingerprint density at radius 3 is 2.07 bits per heavy atom. The predicted octanol–water partition coefficient (Wildman–Crippen LogP) is 1.19. The minimum atomic E-state index is -0.664. The van der Waals surface area contributed by atoms with Crippen molar-refractivity contribution < 1.29 is 14.3 Å². The molecule has 1 atom stereocenters. The highest BCUT2D eigenvalue weighted by Gasteiger charge is 2.15. The van der Waals surface area contributed by atoms with Crippen molar-refractivity contribution in [3.05, 3.63) is 0 Å². The maximum atomic E-state index is 11.3. The molecular formula is C11H23NO3. The van der Waals surface area contributed by atoms with E-state index in [2.05, 4.69) is 0 Å². The minimum absolute atomic E-state index is 0.231. The third-order valence-corrected chi connectivity index (χ3v) is 1.61. The van der Waals surface area contributed by atoms with Crippen molar-refractivity contribution in [2.75, 3.05) is 19.8 Å². The van der Waals surface area contributed by atoms with Gasteiger partial charge in [-0.05, 0) is 11.8 Å². The Morgan fingerprint density at radius 2 is 1.60 bits per heavy atom. The van der Waals surface area contributed by atoms with Crippen LogP contribution in [0, 0.1) is 11.8 Å². The summed E-state index contributed by atoms with van der Waals surface area (Å²) >= 11 is 0. The molecule has 0 radical (unpaired) electrons. The maximum Gasteiger partial charge on any atom is 0.325 e. The fraction of sp³-hybridized carbons (Fsp3) is 0.909. The first kappa shape index (κ1) is 14.4. The van der Waals surface area contributed by atoms with Crippen molar-refractivity contribution in [2.45, 2.75) is 33.7 Å². The van der Waals surface area contributed by atoms with Crippen molar-refractivity contribution in [2.24, 2.45) is 17.6 Å². The van der Waals surface area contributed by atoms with Gasteiger partial charge in [-0.1, -0.05) is 27.7 Å². The number of nitrogens with two attached hydrogens (primary N) is 1. The highest BCUT2D eigenvalue weighted by Crippen LogP contribution is 1.97. The van der Waals surface area contributed by atoms with Crippen LogP contribution in [-0.4, -0.2) is 31.8 Å². The lowest BCUT2D eigenvalue weighted by molar-refractivity contribution is -0.147. The third kappa shape index (κ3) is 8.39. The lowest BCUT2D eigenvalue weighted by Gasteiger charge is -2.13. The molecule has 0 amide bonds. The lowest BCUT2D eigenvalue weighted by Crippen LogP contribution is -2.37. The molecule has 0 aromatic carbocycles. The second-order valence-corrected chi connectivity index (χ2v) is 4.56. The molecule has 90 valence electrons. The lowest BCUT2D eigenvalue weighted by atomic mass is 10.2. The number of hydrogen-bond donors (Lipinski definition) is 1. The van der Waals surface area contributed by atoms with Crippen molar-refractivity contribution in [1.29, 1.82) is 0 Å². The molecule has 0 aliphatic rings. The van der Waals surface area contributed by atoms with E-state index in [1.165, 1.54) is 0 Å². The first-order valence-corrected chi connectivity index (χ1v) is 5.43. The number of carbonyl (C=O) groups is 1. The second kappa shape index (κ2) is 7.65. The van der Waals surface area contributed by atoms with Crippen molar-refractivity contribution in [3.63, 3.8) is 0 Å². The Hall–Kier alpha value is -0.610. The molecule has 0 fully saturated rings. The van der Waals surface area contributed by atoms with E-state index in [0.717, 1.165) is 0 Å². The van der Waals surface area contributed by atoms with Crippen LogP contribution in [0.4, 0.5) is 0 Å². The van der Waals surface area contributed by atoms with Crippen LogP contribution >= 0.6 is 0 Å². The standard InChI is InChI=1S/C11H23NO3/c1-8(2)5-14-7-10(12)11(13)15-6-9(3)4/h8-10H,5-7,12H2,1-4H3/t10-/m0/s1. The largest absolute Gasteiger partial charge is 0.464 e. The summed E-state index contributed by atoms with van der Waals surface area (Å²) < 4.78 is 10.2. The van der Waals surface area contributed by atoms with Gasteiger partial charge in [0.25, 0.3) is 0 Å². The zero-order valence-corrected chi connectivity index (χ0v) is 10.2. The van der Waals surface area contributed by atoms with Gasteiger partial charge in [0.05, 0.1) is 13.2 Å². The molecule has 4 nitrogen and oxygen atoms in total. The number of ether oxygens (including phenoxy) is 2. The van der Waals surface area contributed by atoms with Crippen LogP contribution in [0.2, 0.25) is 0 Å². The molecule has 0 aromatic rings. The van der Waals surface area contributed by atoms with Gasteiger partial charge in [-0.15, -0.1) is 0 Å². The van der Waals surface area contributed by atoms with Gasteiger partial charge >= 0.3 is 5.97 Å². The van der Waals surface area contributed by atoms with Crippen molar-refractivity contribution >= 4 is 5.97 Å². The fourth-order valence-corrected chi connectivity index (χ4v) is 0.855. The monoisotopic (exact) mass is 217 g/mol. The van der Waals surface area contributed by atoms with E-state index in [9.17, 15) is 4.79 Å². The zero-order valence-electron chi connectivity index (χ0n) is 10.2. The molecule has 2 N–H and O–H groups in total. The number of esters is 1. The Kier molecular flexibility index (Phi) is 7.34. The van der Waals surface area contributed by atoms with Crippen molar-refractivity contribution in [3.8, 4) is 0 Å². The zero-order chi connectivity index (χ0) is 11.8. The van der Waals surface area contributed by atoms with Crippen LogP contribution in [0.1, 0.15) is 27.7 Å². The van der Waals surface area contributed by atoms with Gasteiger partial charge in [0.1, 0.15) is 6.04 Å². The van der Waals surface area contributed by atoms with Crippen LogP contribution in [0.25, 0.3) is 0 Å². The summed E-state index contributed by atoms with van der Waals surface area (Å²) in [5.41, 5.74) is 5.59. The summed E-state index contributed by atoms with van der Waals surface area (Å²) in [6.45, 7) is 9.31. The van der Waals surface area contributed by atoms with Gasteiger partial charge in [-0.3, -0.25) is 4.79 Å². The van der Waals surface area contributed by atoms with Crippen LogP contribution in [0.5, 0.6) is 0 Å². The smallest absolute Gasteiger partial charge is 0.325 e. The normalized spacial score (nSPS) is 13.3. The number of carbonyl (C=O) groups excluding carboxylic acids is 1. The molecule has 0 aliphatic heterocycles. The Bertz CT molecular complexity index is 181. The van der Waals surface area contributed by atoms with E-state index in [0.29, 0.717) is 25.0 Å². The van der Waals surface area contributed by atoms with Crippen LogP contribution in [0.3, 0.4) is 0 Å². The molecule has 4 heteroatoms.